The number of nitriles is 1. The lowest BCUT2D eigenvalue weighted by Crippen LogP contribution is -2.07. The summed E-state index contributed by atoms with van der Waals surface area (Å²) in [6.07, 6.45) is 8.74. The number of rotatable bonds is 9. The number of thiol groups is 1. The summed E-state index contributed by atoms with van der Waals surface area (Å²) in [5.74, 6) is 0. The minimum absolute atomic E-state index is 0.309. The molecule has 0 unspecified atom stereocenters. The zero-order chi connectivity index (χ0) is 21.8. The van der Waals surface area contributed by atoms with E-state index < -0.39 is 0 Å². The van der Waals surface area contributed by atoms with Crippen LogP contribution >= 0.6 is 12.6 Å². The molecule has 2 rings (SSSR count). The third kappa shape index (κ3) is 6.57. The van der Waals surface area contributed by atoms with Gasteiger partial charge in [-0.25, -0.2) is 5.01 Å². The Morgan fingerprint density at radius 1 is 1.20 bits per heavy atom. The molecule has 2 aromatic carbocycles. The molecule has 0 fully saturated rings. The van der Waals surface area contributed by atoms with Crippen LogP contribution in [0.15, 0.2) is 94.3 Å². The van der Waals surface area contributed by atoms with Crippen molar-refractivity contribution in [3.63, 3.8) is 0 Å². The van der Waals surface area contributed by atoms with E-state index in [-0.39, 0.29) is 0 Å². The topological polar surface area (TPSA) is 77.4 Å². The average molecular weight is 418 g/mol. The average Bonchev–Trinajstić information content (AvgIpc) is 2.77. The molecule has 30 heavy (non-hydrogen) atoms. The van der Waals surface area contributed by atoms with Gasteiger partial charge in [0.05, 0.1) is 10.7 Å². The molecular formula is C24H27N5S. The van der Waals surface area contributed by atoms with Crippen LogP contribution in [0.3, 0.4) is 0 Å². The first kappa shape index (κ1) is 22.9. The van der Waals surface area contributed by atoms with E-state index in [9.17, 15) is 5.26 Å². The Labute approximate surface area is 184 Å². The highest BCUT2D eigenvalue weighted by molar-refractivity contribution is 7.84. The lowest BCUT2D eigenvalue weighted by Gasteiger charge is -2.13. The predicted molar refractivity (Wildman–Crippen MR) is 130 cm³/mol. The number of para-hydroxylation sites is 2. The first-order valence-electron chi connectivity index (χ1n) is 9.74. The van der Waals surface area contributed by atoms with E-state index in [1.54, 1.807) is 17.3 Å². The van der Waals surface area contributed by atoms with Crippen LogP contribution < -0.4 is 16.1 Å². The van der Waals surface area contributed by atoms with E-state index >= 15 is 0 Å². The third-order valence-corrected chi connectivity index (χ3v) is 4.61. The number of nitrogens with zero attached hydrogens (tertiary/aromatic N) is 3. The van der Waals surface area contributed by atoms with Crippen LogP contribution in [0.1, 0.15) is 25.8 Å². The van der Waals surface area contributed by atoms with Gasteiger partial charge in [-0.15, -0.1) is 12.6 Å². The maximum absolute atomic E-state index is 9.57. The molecular weight excluding hydrogens is 390 g/mol. The first-order valence-corrected chi connectivity index (χ1v) is 10.2. The fourth-order valence-corrected chi connectivity index (χ4v) is 3.05. The van der Waals surface area contributed by atoms with Gasteiger partial charge in [0.1, 0.15) is 11.6 Å². The van der Waals surface area contributed by atoms with Crippen molar-refractivity contribution in [3.05, 3.63) is 94.8 Å². The van der Waals surface area contributed by atoms with Crippen molar-refractivity contribution < 1.29 is 0 Å². The number of hydrazone groups is 1. The zero-order valence-corrected chi connectivity index (χ0v) is 18.2. The SMILES string of the molecule is C/C=N\N(/C=C/C/C=C(N)/C(C#N)=C(\S)Nc1ccccc1CC)c1ccccc1. The van der Waals surface area contributed by atoms with Gasteiger partial charge in [0.25, 0.3) is 0 Å². The van der Waals surface area contributed by atoms with Gasteiger partial charge >= 0.3 is 0 Å². The summed E-state index contributed by atoms with van der Waals surface area (Å²) >= 11 is 4.47. The Bertz CT molecular complexity index is 984. The van der Waals surface area contributed by atoms with E-state index in [1.807, 2.05) is 73.8 Å². The van der Waals surface area contributed by atoms with Crippen LogP contribution in [0.4, 0.5) is 11.4 Å². The zero-order valence-electron chi connectivity index (χ0n) is 17.3. The molecule has 0 amide bonds. The van der Waals surface area contributed by atoms with Crippen LogP contribution in [0.25, 0.3) is 0 Å². The van der Waals surface area contributed by atoms with Crippen molar-refractivity contribution >= 4 is 30.2 Å². The molecule has 0 aliphatic carbocycles. The molecule has 3 N–H and O–H groups in total. The van der Waals surface area contributed by atoms with Gasteiger partial charge in [0.2, 0.25) is 0 Å². The number of nitrogens with one attached hydrogen (secondary N) is 1. The van der Waals surface area contributed by atoms with Crippen molar-refractivity contribution in [1.82, 2.24) is 0 Å². The predicted octanol–water partition coefficient (Wildman–Crippen LogP) is 5.58. The van der Waals surface area contributed by atoms with E-state index in [0.29, 0.717) is 22.7 Å². The number of benzene rings is 2. The lowest BCUT2D eigenvalue weighted by molar-refractivity contribution is 1.07. The molecule has 6 heteroatoms. The van der Waals surface area contributed by atoms with Gasteiger partial charge in [-0.05, 0) is 43.5 Å². The smallest absolute Gasteiger partial charge is 0.104 e. The minimum Gasteiger partial charge on any atom is -0.398 e. The van der Waals surface area contributed by atoms with Gasteiger partial charge in [-0.2, -0.15) is 10.4 Å². The number of hydrogen-bond donors (Lipinski definition) is 3. The fourth-order valence-electron chi connectivity index (χ4n) is 2.75. The molecule has 0 spiro atoms. The highest BCUT2D eigenvalue weighted by Gasteiger charge is 2.08. The van der Waals surface area contributed by atoms with Crippen LogP contribution in [0.2, 0.25) is 0 Å². The molecule has 5 nitrogen and oxygen atoms in total. The molecule has 0 radical (unpaired) electrons. The Morgan fingerprint density at radius 3 is 2.57 bits per heavy atom. The summed E-state index contributed by atoms with van der Waals surface area (Å²) < 4.78 is 0. The number of anilines is 2. The first-order chi connectivity index (χ1) is 14.6. The largest absolute Gasteiger partial charge is 0.398 e. The van der Waals surface area contributed by atoms with Gasteiger partial charge in [0.15, 0.2) is 0 Å². The van der Waals surface area contributed by atoms with Crippen molar-refractivity contribution in [2.24, 2.45) is 10.8 Å². The summed E-state index contributed by atoms with van der Waals surface area (Å²) in [4.78, 5) is 0. The van der Waals surface area contributed by atoms with Gasteiger partial charge in [-0.1, -0.05) is 55.5 Å². The summed E-state index contributed by atoms with van der Waals surface area (Å²) in [6, 6.07) is 19.9. The summed E-state index contributed by atoms with van der Waals surface area (Å²) in [6.45, 7) is 3.94. The fraction of sp³-hybridized carbons (Fsp3) is 0.167. The van der Waals surface area contributed by atoms with Crippen molar-refractivity contribution in [1.29, 1.82) is 5.26 Å². The molecule has 0 saturated heterocycles. The van der Waals surface area contributed by atoms with Crippen LogP contribution in [-0.4, -0.2) is 6.21 Å². The van der Waals surface area contributed by atoms with Gasteiger partial charge < -0.3 is 11.1 Å². The van der Waals surface area contributed by atoms with Crippen LogP contribution in [-0.2, 0) is 6.42 Å². The van der Waals surface area contributed by atoms with Gasteiger partial charge in [-0.3, -0.25) is 0 Å². The van der Waals surface area contributed by atoms with Crippen molar-refractivity contribution in [2.45, 2.75) is 26.7 Å². The van der Waals surface area contributed by atoms with E-state index in [1.165, 1.54) is 0 Å². The molecule has 0 bridgehead atoms. The summed E-state index contributed by atoms with van der Waals surface area (Å²) in [5, 5.41) is 19.3. The molecule has 0 aliphatic heterocycles. The molecule has 0 aliphatic rings. The van der Waals surface area contributed by atoms with Crippen molar-refractivity contribution in [2.75, 3.05) is 10.3 Å². The van der Waals surface area contributed by atoms with E-state index in [2.05, 4.69) is 36.0 Å². The number of allylic oxidation sites excluding steroid dienone is 3. The quantitative estimate of drug-likeness (QED) is 0.163. The van der Waals surface area contributed by atoms with E-state index in [0.717, 1.165) is 23.4 Å². The number of hydrogen-bond acceptors (Lipinski definition) is 6. The number of aryl methyl sites for hydroxylation is 1. The second kappa shape index (κ2) is 12.2. The molecule has 0 saturated carbocycles. The maximum Gasteiger partial charge on any atom is 0.104 e. The second-order valence-electron chi connectivity index (χ2n) is 6.30. The Balaban J connectivity index is 2.12. The lowest BCUT2D eigenvalue weighted by atomic mass is 10.1. The summed E-state index contributed by atoms with van der Waals surface area (Å²) in [5.41, 5.74) is 9.86. The summed E-state index contributed by atoms with van der Waals surface area (Å²) in [7, 11) is 0. The third-order valence-electron chi connectivity index (χ3n) is 4.27. The van der Waals surface area contributed by atoms with E-state index in [4.69, 9.17) is 5.73 Å². The minimum atomic E-state index is 0.309. The van der Waals surface area contributed by atoms with Crippen LogP contribution in [0, 0.1) is 11.3 Å². The second-order valence-corrected chi connectivity index (χ2v) is 6.75. The Hall–Kier alpha value is -3.43. The molecule has 0 atom stereocenters. The highest BCUT2D eigenvalue weighted by Crippen LogP contribution is 2.22. The van der Waals surface area contributed by atoms with Gasteiger partial charge in [0, 0.05) is 23.8 Å². The van der Waals surface area contributed by atoms with Crippen LogP contribution in [0.5, 0.6) is 0 Å². The normalized spacial score (nSPS) is 12.7. The number of nitrogens with two attached hydrogens (primary N) is 1. The molecule has 2 aromatic rings. The maximum atomic E-state index is 9.57. The molecule has 0 aromatic heterocycles. The Kier molecular flexibility index (Phi) is 9.29. The molecule has 0 heterocycles. The molecule has 154 valence electrons. The van der Waals surface area contributed by atoms with Crippen molar-refractivity contribution in [3.8, 4) is 6.07 Å². The monoisotopic (exact) mass is 417 g/mol. The standard InChI is InChI=1S/C24H27N5S/c1-3-19-12-8-9-16-23(19)28-24(30)21(18-25)22(26)15-10-11-17-29(27-4-2)20-13-6-5-7-14-20/h4-9,11-17,28,30H,3,10,26H2,1-2H3/b17-11+,22-15-,24-21-,27-4-. The Morgan fingerprint density at radius 2 is 1.90 bits per heavy atom. The highest BCUT2D eigenvalue weighted by atomic mass is 32.1.